The number of rotatable bonds is 3. The van der Waals surface area contributed by atoms with Crippen LogP contribution in [0, 0.1) is 12.7 Å². The molecule has 0 amide bonds. The van der Waals surface area contributed by atoms with Crippen molar-refractivity contribution in [3.05, 3.63) is 35.1 Å². The van der Waals surface area contributed by atoms with Crippen LogP contribution in [0.2, 0.25) is 0 Å². The molecule has 0 atom stereocenters. The minimum Gasteiger partial charge on any atom is -0.206 e. The van der Waals surface area contributed by atoms with Crippen molar-refractivity contribution in [2.45, 2.75) is 47.0 Å². The minimum atomic E-state index is -0.0223. The van der Waals surface area contributed by atoms with Crippen LogP contribution in [0.3, 0.4) is 0 Å². The van der Waals surface area contributed by atoms with Gasteiger partial charge in [-0.25, -0.2) is 4.39 Å². The zero-order valence-corrected chi connectivity index (χ0v) is 9.73. The Morgan fingerprint density at radius 3 is 2.43 bits per heavy atom. The molecule has 0 N–H and O–H groups in total. The number of unbranched alkanes of at least 4 members (excludes halogenated alkanes) is 1. The number of aryl methyl sites for hydroxylation is 2. The van der Waals surface area contributed by atoms with Crippen molar-refractivity contribution < 1.29 is 4.39 Å². The van der Waals surface area contributed by atoms with Gasteiger partial charge in [-0.15, -0.1) is 0 Å². The number of benzene rings is 1. The first-order chi connectivity index (χ1) is 6.75. The van der Waals surface area contributed by atoms with Crippen molar-refractivity contribution >= 4 is 0 Å². The van der Waals surface area contributed by atoms with Crippen LogP contribution in [-0.4, -0.2) is 0 Å². The van der Waals surface area contributed by atoms with Gasteiger partial charge < -0.3 is 0 Å². The van der Waals surface area contributed by atoms with Crippen LogP contribution in [0.25, 0.3) is 0 Å². The molecule has 0 saturated heterocycles. The van der Waals surface area contributed by atoms with Crippen LogP contribution in [-0.2, 0) is 6.42 Å². The maximum atomic E-state index is 13.3. The van der Waals surface area contributed by atoms with Gasteiger partial charge in [-0.1, -0.05) is 45.4 Å². The van der Waals surface area contributed by atoms with Crippen LogP contribution in [0.15, 0.2) is 18.2 Å². The van der Waals surface area contributed by atoms with E-state index in [1.54, 1.807) is 0 Å². The monoisotopic (exact) mass is 196 g/mol. The molecule has 0 radical (unpaired) electrons. The maximum absolute atomic E-state index is 13.3. The zero-order valence-electron chi connectivity index (χ0n) is 9.73. The second kappa shape index (κ2) is 7.54. The SMILES string of the molecule is CC.CCCCc1cccc(C)c1F. The van der Waals surface area contributed by atoms with E-state index in [1.807, 2.05) is 39.0 Å². The Labute approximate surface area is 87.2 Å². The first-order valence-electron chi connectivity index (χ1n) is 5.49. The molecule has 0 heterocycles. The summed E-state index contributed by atoms with van der Waals surface area (Å²) in [7, 11) is 0. The third-order valence-corrected chi connectivity index (χ3v) is 2.07. The first kappa shape index (κ1) is 13.2. The van der Waals surface area contributed by atoms with E-state index in [1.165, 1.54) is 0 Å². The molecule has 0 nitrogen and oxygen atoms in total. The molecule has 0 fully saturated rings. The summed E-state index contributed by atoms with van der Waals surface area (Å²) in [5, 5.41) is 0. The largest absolute Gasteiger partial charge is 0.206 e. The summed E-state index contributed by atoms with van der Waals surface area (Å²) < 4.78 is 13.3. The Hall–Kier alpha value is -0.850. The van der Waals surface area contributed by atoms with E-state index in [9.17, 15) is 4.39 Å². The van der Waals surface area contributed by atoms with Crippen molar-refractivity contribution in [2.24, 2.45) is 0 Å². The van der Waals surface area contributed by atoms with Crippen molar-refractivity contribution in [3.63, 3.8) is 0 Å². The standard InChI is InChI=1S/C11H15F.C2H6/c1-3-4-7-10-8-5-6-9(2)11(10)12;1-2/h5-6,8H,3-4,7H2,1-2H3;1-2H3. The normalized spacial score (nSPS) is 9.21. The third-order valence-electron chi connectivity index (χ3n) is 2.07. The van der Waals surface area contributed by atoms with E-state index in [-0.39, 0.29) is 5.82 Å². The number of hydrogen-bond donors (Lipinski definition) is 0. The van der Waals surface area contributed by atoms with Gasteiger partial charge in [0.25, 0.3) is 0 Å². The fraction of sp³-hybridized carbons (Fsp3) is 0.538. The Morgan fingerprint density at radius 2 is 1.86 bits per heavy atom. The summed E-state index contributed by atoms with van der Waals surface area (Å²) >= 11 is 0. The number of hydrogen-bond acceptors (Lipinski definition) is 0. The predicted molar refractivity (Wildman–Crippen MR) is 61.1 cm³/mol. The lowest BCUT2D eigenvalue weighted by atomic mass is 10.1. The molecule has 0 bridgehead atoms. The smallest absolute Gasteiger partial charge is 0.129 e. The highest BCUT2D eigenvalue weighted by Crippen LogP contribution is 2.13. The summed E-state index contributed by atoms with van der Waals surface area (Å²) in [5.74, 6) is -0.0223. The summed E-state index contributed by atoms with van der Waals surface area (Å²) in [4.78, 5) is 0. The van der Waals surface area contributed by atoms with Crippen LogP contribution in [0.1, 0.15) is 44.7 Å². The fourth-order valence-electron chi connectivity index (χ4n) is 1.27. The molecule has 0 aromatic heterocycles. The van der Waals surface area contributed by atoms with E-state index in [4.69, 9.17) is 0 Å². The average molecular weight is 196 g/mol. The van der Waals surface area contributed by atoms with Gasteiger partial charge in [-0.05, 0) is 30.9 Å². The van der Waals surface area contributed by atoms with Gasteiger partial charge in [0.15, 0.2) is 0 Å². The van der Waals surface area contributed by atoms with E-state index in [0.29, 0.717) is 0 Å². The van der Waals surface area contributed by atoms with Crippen LogP contribution in [0.5, 0.6) is 0 Å². The lowest BCUT2D eigenvalue weighted by Crippen LogP contribution is -1.92. The molecule has 80 valence electrons. The Morgan fingerprint density at radius 1 is 1.21 bits per heavy atom. The summed E-state index contributed by atoms with van der Waals surface area (Å²) in [6.45, 7) is 7.93. The molecule has 0 aliphatic rings. The Balaban J connectivity index is 0.000000791. The average Bonchev–Trinajstić information content (AvgIpc) is 2.23. The topological polar surface area (TPSA) is 0 Å². The van der Waals surface area contributed by atoms with Crippen molar-refractivity contribution in [1.82, 2.24) is 0 Å². The van der Waals surface area contributed by atoms with E-state index in [2.05, 4.69) is 6.92 Å². The molecule has 0 spiro atoms. The molecule has 0 aliphatic carbocycles. The predicted octanol–water partition coefficient (Wildman–Crippen LogP) is 4.50. The fourth-order valence-corrected chi connectivity index (χ4v) is 1.27. The van der Waals surface area contributed by atoms with Crippen LogP contribution < -0.4 is 0 Å². The molecule has 1 heteroatoms. The summed E-state index contributed by atoms with van der Waals surface area (Å²) in [6, 6.07) is 5.60. The summed E-state index contributed by atoms with van der Waals surface area (Å²) in [6.07, 6.45) is 3.05. The molecule has 1 aromatic rings. The van der Waals surface area contributed by atoms with E-state index >= 15 is 0 Å². The zero-order chi connectivity index (χ0) is 11.0. The van der Waals surface area contributed by atoms with Crippen LogP contribution >= 0.6 is 0 Å². The molecule has 1 rings (SSSR count). The second-order valence-electron chi connectivity index (χ2n) is 3.15. The molecule has 14 heavy (non-hydrogen) atoms. The van der Waals surface area contributed by atoms with Gasteiger partial charge in [0.1, 0.15) is 5.82 Å². The molecule has 0 unspecified atom stereocenters. The highest BCUT2D eigenvalue weighted by molar-refractivity contribution is 5.24. The van der Waals surface area contributed by atoms with Gasteiger partial charge >= 0.3 is 0 Å². The third kappa shape index (κ3) is 3.91. The summed E-state index contributed by atoms with van der Waals surface area (Å²) in [5.41, 5.74) is 1.61. The van der Waals surface area contributed by atoms with E-state index < -0.39 is 0 Å². The van der Waals surface area contributed by atoms with Gasteiger partial charge in [0.2, 0.25) is 0 Å². The highest BCUT2D eigenvalue weighted by atomic mass is 19.1. The van der Waals surface area contributed by atoms with Gasteiger partial charge in [0.05, 0.1) is 0 Å². The second-order valence-corrected chi connectivity index (χ2v) is 3.15. The minimum absolute atomic E-state index is 0.0223. The van der Waals surface area contributed by atoms with Crippen molar-refractivity contribution in [1.29, 1.82) is 0 Å². The van der Waals surface area contributed by atoms with Crippen LogP contribution in [0.4, 0.5) is 4.39 Å². The first-order valence-corrected chi connectivity index (χ1v) is 5.49. The van der Waals surface area contributed by atoms with Crippen molar-refractivity contribution in [3.8, 4) is 0 Å². The lowest BCUT2D eigenvalue weighted by molar-refractivity contribution is 0.594. The molecule has 0 saturated carbocycles. The molecular formula is C13H21F. The lowest BCUT2D eigenvalue weighted by Gasteiger charge is -2.03. The molecule has 0 aliphatic heterocycles. The van der Waals surface area contributed by atoms with Gasteiger partial charge in [-0.3, -0.25) is 0 Å². The quantitative estimate of drug-likeness (QED) is 0.667. The van der Waals surface area contributed by atoms with Crippen molar-refractivity contribution in [2.75, 3.05) is 0 Å². The number of halogens is 1. The molecular weight excluding hydrogens is 175 g/mol. The van der Waals surface area contributed by atoms with E-state index in [0.717, 1.165) is 30.4 Å². The maximum Gasteiger partial charge on any atom is 0.129 e. The van der Waals surface area contributed by atoms with Gasteiger partial charge in [-0.2, -0.15) is 0 Å². The highest BCUT2D eigenvalue weighted by Gasteiger charge is 2.02. The Kier molecular flexibility index (Phi) is 7.09. The Bertz CT molecular complexity index is 253. The molecule has 1 aromatic carbocycles. The van der Waals surface area contributed by atoms with Gasteiger partial charge in [0, 0.05) is 0 Å².